The van der Waals surface area contributed by atoms with E-state index in [1.54, 1.807) is 24.4 Å². The van der Waals surface area contributed by atoms with Crippen molar-refractivity contribution in [3.05, 3.63) is 76.8 Å². The van der Waals surface area contributed by atoms with Gasteiger partial charge in [0.05, 0.1) is 5.69 Å². The Hall–Kier alpha value is -3.11. The molecule has 0 saturated carbocycles. The molecule has 4 aromatic rings. The minimum absolute atomic E-state index is 0.130. The second kappa shape index (κ2) is 8.10. The highest BCUT2D eigenvalue weighted by atomic mass is 35.5. The van der Waals surface area contributed by atoms with Crippen molar-refractivity contribution in [2.45, 2.75) is 26.2 Å². The van der Waals surface area contributed by atoms with Crippen LogP contribution in [-0.4, -0.2) is 16.3 Å². The summed E-state index contributed by atoms with van der Waals surface area (Å²) < 4.78 is 5.95. The summed E-state index contributed by atoms with van der Waals surface area (Å²) in [7, 11) is 0. The smallest absolute Gasteiger partial charge is 0.227 e. The number of aliphatic imine (C=N–C) groups is 1. The fourth-order valence-electron chi connectivity index (χ4n) is 3.10. The van der Waals surface area contributed by atoms with Crippen molar-refractivity contribution in [2.24, 2.45) is 4.99 Å². The number of hydrogen-bond acceptors (Lipinski definition) is 4. The summed E-state index contributed by atoms with van der Waals surface area (Å²) >= 11 is 5.99. The number of aromatic hydroxyl groups is 1. The average Bonchev–Trinajstić information content (AvgIpc) is 3.17. The second-order valence-corrected chi connectivity index (χ2v) is 7.50. The van der Waals surface area contributed by atoms with Crippen LogP contribution in [-0.2, 0) is 0 Å². The van der Waals surface area contributed by atoms with E-state index in [2.05, 4.69) is 36.0 Å². The van der Waals surface area contributed by atoms with E-state index < -0.39 is 0 Å². The molecule has 5 heteroatoms. The van der Waals surface area contributed by atoms with E-state index in [4.69, 9.17) is 16.0 Å². The zero-order chi connectivity index (χ0) is 20.4. The molecule has 29 heavy (non-hydrogen) atoms. The minimum Gasteiger partial charge on any atom is -0.507 e. The third-order valence-corrected chi connectivity index (χ3v) is 5.26. The summed E-state index contributed by atoms with van der Waals surface area (Å²) in [6, 6.07) is 18.7. The number of phenols is 1. The average molecular weight is 405 g/mol. The number of hydrogen-bond donors (Lipinski definition) is 1. The Bertz CT molecular complexity index is 1200. The van der Waals surface area contributed by atoms with Gasteiger partial charge in [0, 0.05) is 22.4 Å². The van der Waals surface area contributed by atoms with Crippen molar-refractivity contribution in [3.63, 3.8) is 0 Å². The third kappa shape index (κ3) is 4.17. The predicted octanol–water partition coefficient (Wildman–Crippen LogP) is 7.12. The molecule has 1 aromatic heterocycles. The summed E-state index contributed by atoms with van der Waals surface area (Å²) in [5.74, 6) is 1.18. The summed E-state index contributed by atoms with van der Waals surface area (Å²) in [6.07, 6.45) is 2.67. The lowest BCUT2D eigenvalue weighted by atomic mass is 9.98. The zero-order valence-electron chi connectivity index (χ0n) is 16.3. The normalized spacial score (nSPS) is 12.7. The van der Waals surface area contributed by atoms with Crippen molar-refractivity contribution >= 4 is 34.6 Å². The molecular weight excluding hydrogens is 384 g/mol. The number of fused-ring (bicyclic) bond motifs is 1. The first-order valence-electron chi connectivity index (χ1n) is 9.57. The Kier molecular flexibility index (Phi) is 5.36. The van der Waals surface area contributed by atoms with Crippen LogP contribution in [0.2, 0.25) is 5.02 Å². The molecule has 1 N–H and O–H groups in total. The maximum atomic E-state index is 9.93. The van der Waals surface area contributed by atoms with E-state index in [0.717, 1.165) is 28.8 Å². The van der Waals surface area contributed by atoms with Gasteiger partial charge in [0.1, 0.15) is 11.3 Å². The number of benzene rings is 3. The molecule has 0 radical (unpaired) electrons. The number of rotatable bonds is 5. The molecule has 3 aromatic carbocycles. The van der Waals surface area contributed by atoms with Crippen molar-refractivity contribution in [3.8, 4) is 17.2 Å². The molecule has 1 unspecified atom stereocenters. The number of phenolic OH excluding ortho intramolecular Hbond substituents is 1. The van der Waals surface area contributed by atoms with Gasteiger partial charge < -0.3 is 9.52 Å². The van der Waals surface area contributed by atoms with Gasteiger partial charge in [0.2, 0.25) is 5.89 Å². The third-order valence-electron chi connectivity index (χ3n) is 5.03. The van der Waals surface area contributed by atoms with Crippen LogP contribution in [0.3, 0.4) is 0 Å². The Morgan fingerprint density at radius 2 is 2.00 bits per heavy atom. The van der Waals surface area contributed by atoms with Gasteiger partial charge in [-0.3, -0.25) is 4.99 Å². The molecule has 4 nitrogen and oxygen atoms in total. The first-order chi connectivity index (χ1) is 14.0. The van der Waals surface area contributed by atoms with E-state index in [1.165, 1.54) is 5.56 Å². The Labute approximate surface area is 174 Å². The Morgan fingerprint density at radius 3 is 2.83 bits per heavy atom. The molecule has 1 heterocycles. The SMILES string of the molecule is CCC(C)c1ccc2oc(-c3cccc(N=Cc4cc(Cl)ccc4O)c3)nc2c1. The highest BCUT2D eigenvalue weighted by Gasteiger charge is 2.11. The minimum atomic E-state index is 0.130. The van der Waals surface area contributed by atoms with Gasteiger partial charge in [-0.05, 0) is 66.4 Å². The predicted molar refractivity (Wildman–Crippen MR) is 119 cm³/mol. The lowest BCUT2D eigenvalue weighted by molar-refractivity contribution is 0.474. The van der Waals surface area contributed by atoms with E-state index in [-0.39, 0.29) is 5.75 Å². The van der Waals surface area contributed by atoms with Crippen molar-refractivity contribution < 1.29 is 9.52 Å². The summed E-state index contributed by atoms with van der Waals surface area (Å²) in [5, 5.41) is 10.5. The fraction of sp³-hybridized carbons (Fsp3) is 0.167. The summed E-state index contributed by atoms with van der Waals surface area (Å²) in [5.41, 5.74) is 5.02. The zero-order valence-corrected chi connectivity index (χ0v) is 17.0. The van der Waals surface area contributed by atoms with Gasteiger partial charge >= 0.3 is 0 Å². The number of halogens is 1. The van der Waals surface area contributed by atoms with Crippen LogP contribution in [0.4, 0.5) is 5.69 Å². The van der Waals surface area contributed by atoms with Gasteiger partial charge in [0.25, 0.3) is 0 Å². The van der Waals surface area contributed by atoms with Gasteiger partial charge in [-0.2, -0.15) is 0 Å². The molecule has 0 amide bonds. The van der Waals surface area contributed by atoms with Crippen molar-refractivity contribution in [1.29, 1.82) is 0 Å². The molecule has 0 aliphatic heterocycles. The topological polar surface area (TPSA) is 58.6 Å². The number of nitrogens with zero attached hydrogens (tertiary/aromatic N) is 2. The lowest BCUT2D eigenvalue weighted by Crippen LogP contribution is -1.90. The van der Waals surface area contributed by atoms with Crippen molar-refractivity contribution in [2.75, 3.05) is 0 Å². The van der Waals surface area contributed by atoms with Crippen LogP contribution >= 0.6 is 11.6 Å². The Balaban J connectivity index is 1.64. The van der Waals surface area contributed by atoms with E-state index in [9.17, 15) is 5.11 Å². The molecule has 0 spiro atoms. The molecule has 0 aliphatic carbocycles. The highest BCUT2D eigenvalue weighted by molar-refractivity contribution is 6.30. The van der Waals surface area contributed by atoms with E-state index in [1.807, 2.05) is 30.3 Å². The lowest BCUT2D eigenvalue weighted by Gasteiger charge is -2.07. The van der Waals surface area contributed by atoms with Crippen LogP contribution in [0.1, 0.15) is 37.3 Å². The van der Waals surface area contributed by atoms with Gasteiger partial charge in [-0.1, -0.05) is 37.6 Å². The number of aromatic nitrogens is 1. The van der Waals surface area contributed by atoms with Gasteiger partial charge in [0.15, 0.2) is 5.58 Å². The maximum Gasteiger partial charge on any atom is 0.227 e. The van der Waals surface area contributed by atoms with E-state index >= 15 is 0 Å². The van der Waals surface area contributed by atoms with Crippen LogP contribution < -0.4 is 0 Å². The van der Waals surface area contributed by atoms with E-state index in [0.29, 0.717) is 22.4 Å². The summed E-state index contributed by atoms with van der Waals surface area (Å²) in [4.78, 5) is 9.12. The first-order valence-corrected chi connectivity index (χ1v) is 9.95. The van der Waals surface area contributed by atoms with Gasteiger partial charge in [-0.25, -0.2) is 4.98 Å². The fourth-order valence-corrected chi connectivity index (χ4v) is 3.28. The summed E-state index contributed by atoms with van der Waals surface area (Å²) in [6.45, 7) is 4.39. The quantitative estimate of drug-likeness (QED) is 0.360. The first kappa shape index (κ1) is 19.2. The van der Waals surface area contributed by atoms with Gasteiger partial charge in [-0.15, -0.1) is 0 Å². The standard InChI is InChI=1S/C24H21ClN2O2/c1-3-15(2)16-7-10-23-21(13-16)27-24(29-23)17-5-4-6-20(12-17)26-14-18-11-19(25)8-9-22(18)28/h4-15,28H,3H2,1-2H3. The largest absolute Gasteiger partial charge is 0.507 e. The molecule has 0 bridgehead atoms. The second-order valence-electron chi connectivity index (χ2n) is 7.07. The monoisotopic (exact) mass is 404 g/mol. The molecule has 4 rings (SSSR count). The molecule has 0 saturated heterocycles. The maximum absolute atomic E-state index is 9.93. The van der Waals surface area contributed by atoms with Crippen LogP contribution in [0.5, 0.6) is 5.75 Å². The highest BCUT2D eigenvalue weighted by Crippen LogP contribution is 2.30. The van der Waals surface area contributed by atoms with Crippen LogP contribution in [0.15, 0.2) is 70.1 Å². The molecule has 146 valence electrons. The van der Waals surface area contributed by atoms with Crippen LogP contribution in [0, 0.1) is 0 Å². The van der Waals surface area contributed by atoms with Crippen LogP contribution in [0.25, 0.3) is 22.6 Å². The number of oxazole rings is 1. The molecule has 1 atom stereocenters. The Morgan fingerprint density at radius 1 is 1.14 bits per heavy atom. The molecule has 0 fully saturated rings. The molecule has 0 aliphatic rings. The molecular formula is C24H21ClN2O2. The van der Waals surface area contributed by atoms with Crippen molar-refractivity contribution in [1.82, 2.24) is 4.98 Å².